The van der Waals surface area contributed by atoms with Crippen LogP contribution in [0.5, 0.6) is 5.75 Å². The normalized spacial score (nSPS) is 13.6. The fourth-order valence-corrected chi connectivity index (χ4v) is 5.95. The van der Waals surface area contributed by atoms with Gasteiger partial charge < -0.3 is 15.4 Å². The number of rotatable bonds is 12. The molecule has 2 aliphatic carbocycles. The Morgan fingerprint density at radius 2 is 1.69 bits per heavy atom. The molecule has 1 atom stereocenters. The topological polar surface area (TPSA) is 147 Å². The number of hydrogen-bond donors (Lipinski definition) is 3. The van der Waals surface area contributed by atoms with Gasteiger partial charge in [-0.3, -0.25) is 34.2 Å². The van der Waals surface area contributed by atoms with Crippen molar-refractivity contribution in [3.05, 3.63) is 52.0 Å². The van der Waals surface area contributed by atoms with Crippen LogP contribution in [0.3, 0.4) is 0 Å². The van der Waals surface area contributed by atoms with E-state index in [9.17, 15) is 24.0 Å². The van der Waals surface area contributed by atoms with Crippen LogP contribution in [0.2, 0.25) is 0 Å². The fourth-order valence-electron chi connectivity index (χ4n) is 5.06. The second-order valence-corrected chi connectivity index (χ2v) is 13.0. The Kier molecular flexibility index (Phi) is 18.1. The summed E-state index contributed by atoms with van der Waals surface area (Å²) in [6.07, 6.45) is 11.4. The Hall–Kier alpha value is -4.16. The number of carbonyl (C=O) groups excluding carboxylic acids is 5. The summed E-state index contributed by atoms with van der Waals surface area (Å²) in [6, 6.07) is 8.73. The molecule has 2 aromatic carbocycles. The van der Waals surface area contributed by atoms with Crippen LogP contribution in [0.15, 0.2) is 30.3 Å². The highest BCUT2D eigenvalue weighted by Gasteiger charge is 2.23. The van der Waals surface area contributed by atoms with Crippen molar-refractivity contribution in [3.8, 4) is 5.75 Å². The monoisotopic (exact) mass is 681 g/mol. The number of thiazole rings is 1. The quantitative estimate of drug-likeness (QED) is 0.190. The Labute approximate surface area is 288 Å². The molecule has 12 heteroatoms. The molecule has 3 aromatic rings. The molecule has 5 amide bonds. The van der Waals surface area contributed by atoms with E-state index in [2.05, 4.69) is 34.7 Å². The number of nitrogens with one attached hydrogen (secondary N) is 3. The average Bonchev–Trinajstić information content (AvgIpc) is 3.74. The molecule has 2 aliphatic rings. The van der Waals surface area contributed by atoms with Crippen LogP contribution in [0.4, 0.5) is 5.69 Å². The number of imide groups is 2. The fraction of sp³-hybridized carbons (Fsp3) is 0.500. The molecule has 1 unspecified atom stereocenters. The number of fused-ring (bicyclic) bond motifs is 1. The maximum absolute atomic E-state index is 12.5. The van der Waals surface area contributed by atoms with Crippen molar-refractivity contribution in [2.75, 3.05) is 26.0 Å². The lowest BCUT2D eigenvalue weighted by atomic mass is 9.97. The predicted octanol–water partition coefficient (Wildman–Crippen LogP) is 6.27. The number of benzene rings is 2. The first-order chi connectivity index (χ1) is 23.1. The van der Waals surface area contributed by atoms with Gasteiger partial charge in [0.2, 0.25) is 25.1 Å². The van der Waals surface area contributed by atoms with Gasteiger partial charge in [-0.15, -0.1) is 11.3 Å². The maximum Gasteiger partial charge on any atom is 0.260 e. The minimum atomic E-state index is -0.514. The smallest absolute Gasteiger partial charge is 0.260 e. The number of hydrogen-bond acceptors (Lipinski definition) is 9. The third-order valence-electron chi connectivity index (χ3n) is 7.58. The largest absolute Gasteiger partial charge is 0.492 e. The molecule has 2 saturated carbocycles. The molecule has 0 bridgehead atoms. The first-order valence-corrected chi connectivity index (χ1v) is 17.4. The number of carbonyl (C=O) groups is 5. The molecule has 0 aliphatic heterocycles. The molecule has 1 aromatic heterocycles. The molecule has 2 fully saturated rings. The summed E-state index contributed by atoms with van der Waals surface area (Å²) in [5.41, 5.74) is 3.95. The Bertz CT molecular complexity index is 1480. The molecular formula is C36H51N5O6S. The summed E-state index contributed by atoms with van der Waals surface area (Å²) in [4.78, 5) is 61.3. The third kappa shape index (κ3) is 13.2. The third-order valence-corrected chi connectivity index (χ3v) is 8.50. The van der Waals surface area contributed by atoms with Gasteiger partial charge in [0.05, 0.1) is 16.3 Å². The minimum Gasteiger partial charge on any atom is -0.492 e. The summed E-state index contributed by atoms with van der Waals surface area (Å²) in [7, 11) is 3.75. The van der Waals surface area contributed by atoms with E-state index < -0.39 is 17.9 Å². The Morgan fingerprint density at radius 3 is 2.23 bits per heavy atom. The molecule has 5 rings (SSSR count). The van der Waals surface area contributed by atoms with E-state index in [1.807, 2.05) is 26.3 Å². The first-order valence-electron chi connectivity index (χ1n) is 16.6. The van der Waals surface area contributed by atoms with Gasteiger partial charge in [0, 0.05) is 23.7 Å². The van der Waals surface area contributed by atoms with Crippen molar-refractivity contribution in [2.24, 2.45) is 0 Å². The van der Waals surface area contributed by atoms with E-state index in [-0.39, 0.29) is 19.3 Å². The molecule has 3 N–H and O–H groups in total. The summed E-state index contributed by atoms with van der Waals surface area (Å²) in [5, 5.41) is 8.35. The average molecular weight is 682 g/mol. The van der Waals surface area contributed by atoms with Crippen LogP contribution < -0.4 is 20.7 Å². The number of anilines is 1. The number of aryl methyl sites for hydroxylation is 2. The van der Waals surface area contributed by atoms with E-state index in [4.69, 9.17) is 4.74 Å². The van der Waals surface area contributed by atoms with Crippen LogP contribution in [-0.4, -0.2) is 67.7 Å². The zero-order valence-electron chi connectivity index (χ0n) is 29.1. The summed E-state index contributed by atoms with van der Waals surface area (Å²) < 4.78 is 7.05. The van der Waals surface area contributed by atoms with E-state index >= 15 is 0 Å². The molecule has 262 valence electrons. The highest BCUT2D eigenvalue weighted by atomic mass is 32.1. The van der Waals surface area contributed by atoms with Crippen LogP contribution in [-0.2, 0) is 19.2 Å². The van der Waals surface area contributed by atoms with E-state index in [0.717, 1.165) is 27.1 Å². The van der Waals surface area contributed by atoms with Gasteiger partial charge in [-0.1, -0.05) is 32.1 Å². The van der Waals surface area contributed by atoms with Gasteiger partial charge in [0.15, 0.2) is 0 Å². The lowest BCUT2D eigenvalue weighted by molar-refractivity contribution is -0.126. The second kappa shape index (κ2) is 21.7. The van der Waals surface area contributed by atoms with Crippen LogP contribution >= 0.6 is 11.3 Å². The van der Waals surface area contributed by atoms with Gasteiger partial charge in [-0.25, -0.2) is 4.98 Å². The minimum absolute atomic E-state index is 0.0126. The van der Waals surface area contributed by atoms with Gasteiger partial charge in [0.1, 0.15) is 11.3 Å². The van der Waals surface area contributed by atoms with Crippen LogP contribution in [0, 0.1) is 13.8 Å². The molecule has 1 heterocycles. The standard InChI is InChI=1S/C16H19N3O5.C15H19NOS.C3H6.C2H7N/c1-11-7-13(17-8-20)4-5-14(11)16(24)19(10-22)12(2)3-6-15(23)18-9-21;1-3-17-13-8-12(11-6-4-5-7-11)9-14-15(13)16-10(2)18-14;1-2-3-1;1-3-2/h4-5,7-10,12H,3,6H2,1-2H3,(H,17,20)(H,18,21,23);8-9,11H,3-7H2,1-2H3;1-3H2;3H,1-2H3. The van der Waals surface area contributed by atoms with E-state index in [1.165, 1.54) is 61.3 Å². The molecule has 0 radical (unpaired) electrons. The summed E-state index contributed by atoms with van der Waals surface area (Å²) in [5.74, 6) is 0.733. The van der Waals surface area contributed by atoms with Crippen molar-refractivity contribution in [1.29, 1.82) is 0 Å². The van der Waals surface area contributed by atoms with Crippen molar-refractivity contribution >= 4 is 58.3 Å². The van der Waals surface area contributed by atoms with Crippen molar-refractivity contribution in [2.45, 2.75) is 97.4 Å². The SMILES string of the molecule is C1CC1.CCOc1cc(C2CCCC2)cc2sc(C)nc12.CNC.Cc1cc(NC=O)ccc1C(=O)N(C=O)C(C)CCC(=O)NC=O. The Morgan fingerprint density at radius 1 is 1.02 bits per heavy atom. The highest BCUT2D eigenvalue weighted by Crippen LogP contribution is 2.39. The lowest BCUT2D eigenvalue weighted by Gasteiger charge is -2.24. The van der Waals surface area contributed by atoms with Gasteiger partial charge >= 0.3 is 0 Å². The summed E-state index contributed by atoms with van der Waals surface area (Å²) in [6.45, 7) is 8.13. The molecule has 48 heavy (non-hydrogen) atoms. The first kappa shape index (κ1) is 40.0. The van der Waals surface area contributed by atoms with Crippen LogP contribution in [0.25, 0.3) is 10.2 Å². The van der Waals surface area contributed by atoms with Gasteiger partial charge in [0.25, 0.3) is 5.91 Å². The van der Waals surface area contributed by atoms with Crippen LogP contribution in [0.1, 0.15) is 104 Å². The zero-order chi connectivity index (χ0) is 35.5. The van der Waals surface area contributed by atoms with Crippen molar-refractivity contribution in [1.82, 2.24) is 20.5 Å². The second-order valence-electron chi connectivity index (χ2n) is 11.8. The number of ether oxygens (including phenoxy) is 1. The molecule has 0 spiro atoms. The van der Waals surface area contributed by atoms with Crippen molar-refractivity contribution < 1.29 is 28.7 Å². The predicted molar refractivity (Wildman–Crippen MR) is 192 cm³/mol. The number of amides is 5. The molecule has 11 nitrogen and oxygen atoms in total. The number of aromatic nitrogens is 1. The van der Waals surface area contributed by atoms with Crippen molar-refractivity contribution in [3.63, 3.8) is 0 Å². The van der Waals surface area contributed by atoms with E-state index in [1.54, 1.807) is 37.3 Å². The Balaban J connectivity index is 0.000000290. The van der Waals surface area contributed by atoms with E-state index in [0.29, 0.717) is 36.2 Å². The highest BCUT2D eigenvalue weighted by molar-refractivity contribution is 7.18. The van der Waals surface area contributed by atoms with Gasteiger partial charge in [-0.05, 0) is 108 Å². The summed E-state index contributed by atoms with van der Waals surface area (Å²) >= 11 is 1.77. The zero-order valence-corrected chi connectivity index (χ0v) is 29.9. The lowest BCUT2D eigenvalue weighted by Crippen LogP contribution is -2.38. The molecular weight excluding hydrogens is 630 g/mol. The maximum atomic E-state index is 12.5. The molecule has 0 saturated heterocycles. The number of nitrogens with zero attached hydrogens (tertiary/aromatic N) is 2. The van der Waals surface area contributed by atoms with Gasteiger partial charge in [-0.2, -0.15) is 0 Å².